The molecule has 2 aromatic rings. The Balaban J connectivity index is 1.48. The summed E-state index contributed by atoms with van der Waals surface area (Å²) in [5, 5.41) is 6.21. The summed E-state index contributed by atoms with van der Waals surface area (Å²) in [4.78, 5) is 33.5. The van der Waals surface area contributed by atoms with Gasteiger partial charge in [-0.15, -0.1) is 0 Å². The lowest BCUT2D eigenvalue weighted by Gasteiger charge is -2.43. The quantitative estimate of drug-likeness (QED) is 0.844. The Kier molecular flexibility index (Phi) is 5.02. The molecule has 3 heterocycles. The topological polar surface area (TPSA) is 77.6 Å². The summed E-state index contributed by atoms with van der Waals surface area (Å²) in [5.74, 6) is -0.0301. The minimum atomic E-state index is -0.245. The fourth-order valence-corrected chi connectivity index (χ4v) is 3.64. The Morgan fingerprint density at radius 2 is 2.00 bits per heavy atom. The molecule has 2 aliphatic heterocycles. The largest absolute Gasteiger partial charge is 0.379 e. The highest BCUT2D eigenvalue weighted by Gasteiger charge is 2.36. The lowest BCUT2D eigenvalue weighted by Crippen LogP contribution is -2.64. The SMILES string of the molecule is O=C1NCCN2CCN(C(=O)c3ccccc3NCc3ccccn3)CC12. The van der Waals surface area contributed by atoms with Crippen molar-refractivity contribution in [2.24, 2.45) is 0 Å². The molecule has 1 aromatic heterocycles. The molecule has 2 fully saturated rings. The summed E-state index contributed by atoms with van der Waals surface area (Å²) < 4.78 is 0. The first-order chi connectivity index (χ1) is 13.2. The van der Waals surface area contributed by atoms with Gasteiger partial charge in [0.05, 0.1) is 17.8 Å². The predicted molar refractivity (Wildman–Crippen MR) is 102 cm³/mol. The van der Waals surface area contributed by atoms with Crippen LogP contribution in [0.3, 0.4) is 0 Å². The van der Waals surface area contributed by atoms with E-state index in [2.05, 4.69) is 20.5 Å². The lowest BCUT2D eigenvalue weighted by atomic mass is 10.1. The first-order valence-corrected chi connectivity index (χ1v) is 9.26. The number of para-hydroxylation sites is 1. The van der Waals surface area contributed by atoms with E-state index in [1.165, 1.54) is 0 Å². The normalized spacial score (nSPS) is 19.9. The number of nitrogens with zero attached hydrogens (tertiary/aromatic N) is 3. The maximum absolute atomic E-state index is 13.1. The number of anilines is 1. The number of aromatic nitrogens is 1. The summed E-state index contributed by atoms with van der Waals surface area (Å²) >= 11 is 0. The fourth-order valence-electron chi connectivity index (χ4n) is 3.64. The number of rotatable bonds is 4. The zero-order valence-electron chi connectivity index (χ0n) is 15.1. The average molecular weight is 365 g/mol. The Hall–Kier alpha value is -2.93. The van der Waals surface area contributed by atoms with Crippen molar-refractivity contribution in [2.75, 3.05) is 38.0 Å². The Bertz CT molecular complexity index is 826. The third-order valence-corrected chi connectivity index (χ3v) is 5.12. The standard InChI is InChI=1S/C20H23N5O2/c26-19-18-14-25(12-11-24(18)10-9-22-19)20(27)16-6-1-2-7-17(16)23-13-15-5-3-4-8-21-15/h1-8,18,23H,9-14H2,(H,22,26). The van der Waals surface area contributed by atoms with Crippen molar-refractivity contribution in [1.29, 1.82) is 0 Å². The fraction of sp³-hybridized carbons (Fsp3) is 0.350. The minimum absolute atomic E-state index is 0.0142. The second kappa shape index (κ2) is 7.75. The van der Waals surface area contributed by atoms with Gasteiger partial charge in [-0.25, -0.2) is 0 Å². The lowest BCUT2D eigenvalue weighted by molar-refractivity contribution is -0.131. The molecule has 0 saturated carbocycles. The molecule has 0 aliphatic carbocycles. The van der Waals surface area contributed by atoms with Gasteiger partial charge >= 0.3 is 0 Å². The first-order valence-electron chi connectivity index (χ1n) is 9.26. The number of amides is 2. The molecule has 1 aromatic carbocycles. The van der Waals surface area contributed by atoms with Gasteiger partial charge in [0.15, 0.2) is 0 Å². The Morgan fingerprint density at radius 1 is 1.15 bits per heavy atom. The van der Waals surface area contributed by atoms with Crippen LogP contribution in [0, 0.1) is 0 Å². The van der Waals surface area contributed by atoms with Gasteiger partial charge in [-0.1, -0.05) is 18.2 Å². The molecular formula is C20H23N5O2. The molecule has 0 bridgehead atoms. The van der Waals surface area contributed by atoms with Crippen molar-refractivity contribution in [1.82, 2.24) is 20.1 Å². The van der Waals surface area contributed by atoms with Crippen LogP contribution in [-0.2, 0) is 11.3 Å². The molecule has 1 unspecified atom stereocenters. The van der Waals surface area contributed by atoms with Crippen molar-refractivity contribution >= 4 is 17.5 Å². The van der Waals surface area contributed by atoms with Gasteiger partial charge in [0, 0.05) is 44.6 Å². The van der Waals surface area contributed by atoms with E-state index in [0.717, 1.165) is 24.5 Å². The zero-order valence-corrected chi connectivity index (χ0v) is 15.1. The smallest absolute Gasteiger partial charge is 0.256 e. The summed E-state index contributed by atoms with van der Waals surface area (Å²) in [7, 11) is 0. The average Bonchev–Trinajstić information content (AvgIpc) is 2.73. The number of hydrogen-bond acceptors (Lipinski definition) is 5. The number of carbonyl (C=O) groups is 2. The van der Waals surface area contributed by atoms with Crippen LogP contribution in [0.1, 0.15) is 16.1 Å². The van der Waals surface area contributed by atoms with E-state index in [-0.39, 0.29) is 17.9 Å². The van der Waals surface area contributed by atoms with E-state index < -0.39 is 0 Å². The van der Waals surface area contributed by atoms with E-state index >= 15 is 0 Å². The molecule has 0 spiro atoms. The number of nitrogens with one attached hydrogen (secondary N) is 2. The Labute approximate surface area is 158 Å². The summed E-state index contributed by atoms with van der Waals surface area (Å²) in [6.07, 6.45) is 1.75. The molecule has 2 aliphatic rings. The summed E-state index contributed by atoms with van der Waals surface area (Å²) in [5.41, 5.74) is 2.31. The van der Waals surface area contributed by atoms with Crippen molar-refractivity contribution in [3.8, 4) is 0 Å². The van der Waals surface area contributed by atoms with Gasteiger partial charge in [0.25, 0.3) is 5.91 Å². The van der Waals surface area contributed by atoms with Crippen LogP contribution in [0.15, 0.2) is 48.7 Å². The predicted octanol–water partition coefficient (Wildman–Crippen LogP) is 0.950. The van der Waals surface area contributed by atoms with Gasteiger partial charge in [0.2, 0.25) is 5.91 Å². The number of hydrogen-bond donors (Lipinski definition) is 2. The number of pyridine rings is 1. The molecule has 7 heteroatoms. The van der Waals surface area contributed by atoms with E-state index in [1.807, 2.05) is 42.5 Å². The first kappa shape index (κ1) is 17.5. The van der Waals surface area contributed by atoms with E-state index in [4.69, 9.17) is 0 Å². The third-order valence-electron chi connectivity index (χ3n) is 5.12. The zero-order chi connectivity index (χ0) is 18.6. The van der Waals surface area contributed by atoms with Gasteiger partial charge < -0.3 is 15.5 Å². The van der Waals surface area contributed by atoms with Crippen molar-refractivity contribution in [2.45, 2.75) is 12.6 Å². The minimum Gasteiger partial charge on any atom is -0.379 e. The van der Waals surface area contributed by atoms with Gasteiger partial charge in [-0.2, -0.15) is 0 Å². The van der Waals surface area contributed by atoms with Gasteiger partial charge in [0.1, 0.15) is 6.04 Å². The summed E-state index contributed by atoms with van der Waals surface area (Å²) in [6.45, 7) is 3.87. The van der Waals surface area contributed by atoms with Crippen LogP contribution in [0.2, 0.25) is 0 Å². The van der Waals surface area contributed by atoms with Crippen molar-refractivity contribution in [3.63, 3.8) is 0 Å². The van der Waals surface area contributed by atoms with E-state index in [9.17, 15) is 9.59 Å². The maximum Gasteiger partial charge on any atom is 0.256 e. The summed E-state index contributed by atoms with van der Waals surface area (Å²) in [6, 6.07) is 13.0. The second-order valence-electron chi connectivity index (χ2n) is 6.81. The highest BCUT2D eigenvalue weighted by molar-refractivity contribution is 6.00. The van der Waals surface area contributed by atoms with Crippen LogP contribution >= 0.6 is 0 Å². The van der Waals surface area contributed by atoms with Crippen LogP contribution in [-0.4, -0.2) is 65.4 Å². The number of carbonyl (C=O) groups excluding carboxylic acids is 2. The van der Waals surface area contributed by atoms with Crippen molar-refractivity contribution < 1.29 is 9.59 Å². The number of benzene rings is 1. The van der Waals surface area contributed by atoms with E-state index in [1.54, 1.807) is 11.1 Å². The molecule has 2 N–H and O–H groups in total. The maximum atomic E-state index is 13.1. The van der Waals surface area contributed by atoms with Crippen LogP contribution in [0.4, 0.5) is 5.69 Å². The molecule has 0 radical (unpaired) electrons. The highest BCUT2D eigenvalue weighted by atomic mass is 16.2. The third kappa shape index (κ3) is 3.78. The molecule has 1 atom stereocenters. The van der Waals surface area contributed by atoms with Gasteiger partial charge in [-0.3, -0.25) is 19.5 Å². The van der Waals surface area contributed by atoms with Crippen molar-refractivity contribution in [3.05, 3.63) is 59.9 Å². The Morgan fingerprint density at radius 3 is 2.85 bits per heavy atom. The van der Waals surface area contributed by atoms with Crippen LogP contribution in [0.5, 0.6) is 0 Å². The molecular weight excluding hydrogens is 342 g/mol. The molecule has 2 amide bonds. The monoisotopic (exact) mass is 365 g/mol. The van der Waals surface area contributed by atoms with E-state index in [0.29, 0.717) is 31.7 Å². The van der Waals surface area contributed by atoms with Gasteiger partial charge in [-0.05, 0) is 24.3 Å². The van der Waals surface area contributed by atoms with Crippen LogP contribution < -0.4 is 10.6 Å². The molecule has 2 saturated heterocycles. The number of piperazine rings is 2. The number of fused-ring (bicyclic) bond motifs is 1. The molecule has 7 nitrogen and oxygen atoms in total. The molecule has 27 heavy (non-hydrogen) atoms. The van der Waals surface area contributed by atoms with Crippen LogP contribution in [0.25, 0.3) is 0 Å². The second-order valence-corrected chi connectivity index (χ2v) is 6.81. The highest BCUT2D eigenvalue weighted by Crippen LogP contribution is 2.21. The molecule has 4 rings (SSSR count). The molecule has 140 valence electrons.